The van der Waals surface area contributed by atoms with Crippen molar-refractivity contribution in [3.05, 3.63) is 53.0 Å². The minimum Gasteiger partial charge on any atom is -0.371 e. The molecule has 0 fully saturated rings. The van der Waals surface area contributed by atoms with Crippen molar-refractivity contribution in [2.24, 2.45) is 9.98 Å². The number of aromatic amines is 1. The average Bonchev–Trinajstić information content (AvgIpc) is 3.02. The minimum absolute atomic E-state index is 0.664. The highest BCUT2D eigenvalue weighted by atomic mass is 15.1. The van der Waals surface area contributed by atoms with Gasteiger partial charge in [-0.1, -0.05) is 25.5 Å². The maximum Gasteiger partial charge on any atom is 0.0937 e. The number of nitrogens with one attached hydrogen (secondary N) is 2. The van der Waals surface area contributed by atoms with E-state index in [2.05, 4.69) is 46.5 Å². The number of allylic oxidation sites excluding steroid dienone is 3. The summed E-state index contributed by atoms with van der Waals surface area (Å²) >= 11 is 0. The Labute approximate surface area is 144 Å². The average molecular weight is 325 g/mol. The van der Waals surface area contributed by atoms with E-state index < -0.39 is 0 Å². The summed E-state index contributed by atoms with van der Waals surface area (Å²) in [7, 11) is 0. The molecule has 0 saturated carbocycles. The number of aliphatic imine (C=N–C) groups is 2. The number of amidine groups is 1. The zero-order valence-electron chi connectivity index (χ0n) is 15.1. The van der Waals surface area contributed by atoms with E-state index in [0.29, 0.717) is 6.54 Å². The van der Waals surface area contributed by atoms with Gasteiger partial charge in [-0.15, -0.1) is 0 Å². The lowest BCUT2D eigenvalue weighted by molar-refractivity contribution is 0.932. The monoisotopic (exact) mass is 325 g/mol. The van der Waals surface area contributed by atoms with Gasteiger partial charge in [0.25, 0.3) is 0 Å². The molecule has 0 spiro atoms. The van der Waals surface area contributed by atoms with Crippen LogP contribution >= 0.6 is 0 Å². The van der Waals surface area contributed by atoms with Gasteiger partial charge in [-0.25, -0.2) is 4.99 Å². The molecule has 2 rings (SSSR count). The predicted octanol–water partition coefficient (Wildman–Crippen LogP) is 3.72. The van der Waals surface area contributed by atoms with Crippen LogP contribution in [-0.2, 0) is 0 Å². The van der Waals surface area contributed by atoms with Gasteiger partial charge in [0.2, 0.25) is 0 Å². The Balaban J connectivity index is 2.42. The molecule has 1 aliphatic heterocycles. The number of aromatic nitrogens is 2. The van der Waals surface area contributed by atoms with Crippen molar-refractivity contribution in [3.63, 3.8) is 0 Å². The second-order valence-corrected chi connectivity index (χ2v) is 5.77. The molecule has 0 atom stereocenters. The Bertz CT molecular complexity index is 701. The van der Waals surface area contributed by atoms with Gasteiger partial charge < -0.3 is 5.32 Å². The largest absolute Gasteiger partial charge is 0.371 e. The van der Waals surface area contributed by atoms with Gasteiger partial charge in [0.15, 0.2) is 0 Å². The van der Waals surface area contributed by atoms with Crippen molar-refractivity contribution < 1.29 is 0 Å². The summed E-state index contributed by atoms with van der Waals surface area (Å²) in [5.74, 6) is 0.951. The summed E-state index contributed by atoms with van der Waals surface area (Å²) in [5.41, 5.74) is 5.29. The molecule has 0 aliphatic carbocycles. The Morgan fingerprint density at radius 1 is 1.38 bits per heavy atom. The molecular formula is C19H27N5. The van der Waals surface area contributed by atoms with E-state index in [-0.39, 0.29) is 0 Å². The Kier molecular flexibility index (Phi) is 6.73. The van der Waals surface area contributed by atoms with Gasteiger partial charge in [0.1, 0.15) is 0 Å². The lowest BCUT2D eigenvalue weighted by atomic mass is 9.99. The third-order valence-electron chi connectivity index (χ3n) is 3.89. The lowest BCUT2D eigenvalue weighted by Crippen LogP contribution is -2.20. The fourth-order valence-corrected chi connectivity index (χ4v) is 2.57. The van der Waals surface area contributed by atoms with Gasteiger partial charge in [-0.2, -0.15) is 5.10 Å². The first-order valence-electron chi connectivity index (χ1n) is 8.51. The SMILES string of the molecule is C/C=C(CCC)/C(=N/C1=C/CNC(C)=NCC=C1)c1cn[nH]c1C. The number of H-pyrrole nitrogens is 1. The summed E-state index contributed by atoms with van der Waals surface area (Å²) in [4.78, 5) is 9.38. The normalized spacial score (nSPS) is 18.8. The lowest BCUT2D eigenvalue weighted by Gasteiger charge is -2.11. The van der Waals surface area contributed by atoms with E-state index in [4.69, 9.17) is 4.99 Å². The molecule has 5 nitrogen and oxygen atoms in total. The van der Waals surface area contributed by atoms with E-state index in [1.165, 1.54) is 5.57 Å². The van der Waals surface area contributed by atoms with Gasteiger partial charge >= 0.3 is 0 Å². The molecular weight excluding hydrogens is 298 g/mol. The highest BCUT2D eigenvalue weighted by Crippen LogP contribution is 2.19. The van der Waals surface area contributed by atoms with E-state index in [1.807, 2.05) is 32.2 Å². The zero-order chi connectivity index (χ0) is 17.4. The molecule has 1 aromatic heterocycles. The van der Waals surface area contributed by atoms with Crippen LogP contribution in [0.15, 0.2) is 51.8 Å². The number of rotatable bonds is 5. The molecule has 0 bridgehead atoms. The number of hydrogen-bond acceptors (Lipinski definition) is 4. The van der Waals surface area contributed by atoms with Crippen LogP contribution < -0.4 is 5.32 Å². The fraction of sp³-hybridized carbons (Fsp3) is 0.421. The van der Waals surface area contributed by atoms with E-state index in [9.17, 15) is 0 Å². The third kappa shape index (κ3) is 4.78. The molecule has 2 N–H and O–H groups in total. The van der Waals surface area contributed by atoms with Gasteiger partial charge in [0.05, 0.1) is 30.0 Å². The molecule has 1 aliphatic rings. The number of nitrogens with zero attached hydrogens (tertiary/aromatic N) is 3. The molecule has 2 heterocycles. The zero-order valence-corrected chi connectivity index (χ0v) is 15.1. The molecule has 0 unspecified atom stereocenters. The Morgan fingerprint density at radius 3 is 2.88 bits per heavy atom. The van der Waals surface area contributed by atoms with E-state index >= 15 is 0 Å². The van der Waals surface area contributed by atoms with Crippen molar-refractivity contribution in [1.29, 1.82) is 0 Å². The van der Waals surface area contributed by atoms with Crippen LogP contribution in [0.5, 0.6) is 0 Å². The maximum atomic E-state index is 4.97. The van der Waals surface area contributed by atoms with Crippen molar-refractivity contribution in [1.82, 2.24) is 15.5 Å². The van der Waals surface area contributed by atoms with Crippen molar-refractivity contribution >= 4 is 11.5 Å². The number of aryl methyl sites for hydroxylation is 1. The van der Waals surface area contributed by atoms with Crippen molar-refractivity contribution in [2.45, 2.75) is 40.5 Å². The Morgan fingerprint density at radius 2 is 2.21 bits per heavy atom. The van der Waals surface area contributed by atoms with Crippen LogP contribution in [0.25, 0.3) is 0 Å². The molecule has 0 radical (unpaired) electrons. The summed E-state index contributed by atoms with van der Waals surface area (Å²) < 4.78 is 0. The first kappa shape index (κ1) is 17.9. The summed E-state index contributed by atoms with van der Waals surface area (Å²) in [5, 5.41) is 10.5. The summed E-state index contributed by atoms with van der Waals surface area (Å²) in [6.45, 7) is 9.65. The second-order valence-electron chi connectivity index (χ2n) is 5.77. The van der Waals surface area contributed by atoms with Crippen LogP contribution in [0.4, 0.5) is 0 Å². The van der Waals surface area contributed by atoms with Gasteiger partial charge in [-0.05, 0) is 44.9 Å². The predicted molar refractivity (Wildman–Crippen MR) is 102 cm³/mol. The van der Waals surface area contributed by atoms with Crippen LogP contribution in [-0.4, -0.2) is 34.8 Å². The van der Waals surface area contributed by atoms with Crippen molar-refractivity contribution in [2.75, 3.05) is 13.1 Å². The standard InChI is InChI=1S/C19H27N5/c1-5-8-16(6-2)19(18-13-22-24-14(18)3)23-17-9-7-11-20-15(4)21-12-10-17/h6-7,9-10,13H,5,8,11-12H2,1-4H3,(H,20,21)(H,22,24)/b9-7?,16-6+,17-10+,23-19-. The second kappa shape index (κ2) is 9.01. The van der Waals surface area contributed by atoms with Crippen molar-refractivity contribution in [3.8, 4) is 0 Å². The van der Waals surface area contributed by atoms with Crippen LogP contribution in [0.2, 0.25) is 0 Å². The van der Waals surface area contributed by atoms with E-state index in [1.54, 1.807) is 0 Å². The fourth-order valence-electron chi connectivity index (χ4n) is 2.57. The molecule has 5 heteroatoms. The Hall–Kier alpha value is -2.43. The topological polar surface area (TPSA) is 65.4 Å². The van der Waals surface area contributed by atoms with Crippen LogP contribution in [0, 0.1) is 6.92 Å². The highest BCUT2D eigenvalue weighted by molar-refractivity contribution is 6.13. The van der Waals surface area contributed by atoms with Gasteiger partial charge in [0, 0.05) is 17.8 Å². The molecule has 128 valence electrons. The summed E-state index contributed by atoms with van der Waals surface area (Å²) in [6, 6.07) is 0. The van der Waals surface area contributed by atoms with Gasteiger partial charge in [-0.3, -0.25) is 10.1 Å². The first-order chi connectivity index (χ1) is 11.7. The summed E-state index contributed by atoms with van der Waals surface area (Å²) in [6.07, 6.45) is 12.3. The molecule has 0 amide bonds. The smallest absolute Gasteiger partial charge is 0.0937 e. The molecule has 1 aromatic rings. The minimum atomic E-state index is 0.664. The number of hydrogen-bond donors (Lipinski definition) is 2. The molecule has 0 aromatic carbocycles. The first-order valence-corrected chi connectivity index (χ1v) is 8.51. The third-order valence-corrected chi connectivity index (χ3v) is 3.89. The van der Waals surface area contributed by atoms with Crippen LogP contribution in [0.1, 0.15) is 44.9 Å². The van der Waals surface area contributed by atoms with E-state index in [0.717, 1.165) is 47.9 Å². The molecule has 24 heavy (non-hydrogen) atoms. The quantitative estimate of drug-likeness (QED) is 0.810. The molecule has 0 saturated heterocycles. The highest BCUT2D eigenvalue weighted by Gasteiger charge is 2.13. The van der Waals surface area contributed by atoms with Crippen LogP contribution in [0.3, 0.4) is 0 Å². The maximum absolute atomic E-state index is 4.97.